The van der Waals surface area contributed by atoms with Crippen molar-refractivity contribution in [3.05, 3.63) is 65.8 Å². The molecule has 30 heavy (non-hydrogen) atoms. The van der Waals surface area contributed by atoms with Gasteiger partial charge in [0.15, 0.2) is 17.5 Å². The van der Waals surface area contributed by atoms with Crippen LogP contribution in [-0.4, -0.2) is 31.8 Å². The molecule has 0 amide bonds. The van der Waals surface area contributed by atoms with Crippen LogP contribution in [0.5, 0.6) is 0 Å². The van der Waals surface area contributed by atoms with Crippen molar-refractivity contribution in [1.29, 1.82) is 0 Å². The largest absolute Gasteiger partial charge is 0.451 e. The number of imidazole rings is 1. The van der Waals surface area contributed by atoms with Crippen LogP contribution in [0.3, 0.4) is 0 Å². The second kappa shape index (κ2) is 7.82. The Labute approximate surface area is 171 Å². The molecule has 0 aliphatic rings. The van der Waals surface area contributed by atoms with Crippen LogP contribution in [0, 0.1) is 0 Å². The molecule has 154 valence electrons. The van der Waals surface area contributed by atoms with Crippen molar-refractivity contribution >= 4 is 23.2 Å². The fraction of sp³-hybridized carbons (Fsp3) is 0.158. The zero-order valence-electron chi connectivity index (χ0n) is 15.4. The fourth-order valence-electron chi connectivity index (χ4n) is 2.76. The topological polar surface area (TPSA) is 82.5 Å². The third-order valence-corrected chi connectivity index (χ3v) is 4.79. The van der Waals surface area contributed by atoms with Gasteiger partial charge in [-0.15, -0.1) is 0 Å². The van der Waals surface area contributed by atoms with Crippen molar-refractivity contribution in [3.63, 3.8) is 0 Å². The average molecular weight is 434 g/mol. The highest BCUT2D eigenvalue weighted by atomic mass is 32.2. The summed E-state index contributed by atoms with van der Waals surface area (Å²) in [5.41, 5.74) is 0.0319. The lowest BCUT2D eigenvalue weighted by molar-refractivity contribution is -0.137. The van der Waals surface area contributed by atoms with Crippen molar-refractivity contribution in [3.8, 4) is 11.4 Å². The molecule has 0 radical (unpaired) electrons. The third-order valence-electron chi connectivity index (χ3n) is 4.13. The number of alkyl halides is 3. The highest BCUT2D eigenvalue weighted by Crippen LogP contribution is 2.31. The maximum Gasteiger partial charge on any atom is 0.416 e. The number of aromatic nitrogens is 4. The van der Waals surface area contributed by atoms with Crippen LogP contribution >= 0.6 is 11.8 Å². The molecule has 0 aliphatic heterocycles. The number of thioether (sulfide) groups is 1. The van der Waals surface area contributed by atoms with Crippen LogP contribution in [0.25, 0.3) is 16.9 Å². The number of fused-ring (bicyclic) bond motifs is 1. The van der Waals surface area contributed by atoms with Crippen LogP contribution in [0.1, 0.15) is 21.9 Å². The average Bonchev–Trinajstić information content (AvgIpc) is 3.36. The molecule has 3 aromatic heterocycles. The van der Waals surface area contributed by atoms with Crippen molar-refractivity contribution in [1.82, 2.24) is 19.5 Å². The number of benzene rings is 1. The number of rotatable bonds is 5. The first-order chi connectivity index (χ1) is 14.4. The van der Waals surface area contributed by atoms with E-state index in [9.17, 15) is 18.0 Å². The molecule has 0 atom stereocenters. The Morgan fingerprint density at radius 3 is 2.80 bits per heavy atom. The Morgan fingerprint density at radius 2 is 2.03 bits per heavy atom. The van der Waals surface area contributed by atoms with Crippen molar-refractivity contribution in [2.75, 3.05) is 6.26 Å². The number of hydrogen-bond donors (Lipinski definition) is 0. The minimum Gasteiger partial charge on any atom is -0.451 e. The van der Waals surface area contributed by atoms with Crippen molar-refractivity contribution in [2.24, 2.45) is 0 Å². The van der Waals surface area contributed by atoms with Gasteiger partial charge in [-0.2, -0.15) is 18.2 Å². The number of carbonyl (C=O) groups is 1. The minimum atomic E-state index is -4.49. The number of halogens is 3. The van der Waals surface area contributed by atoms with E-state index >= 15 is 0 Å². The first-order valence-corrected chi connectivity index (χ1v) is 9.77. The summed E-state index contributed by atoms with van der Waals surface area (Å²) in [5, 5.41) is 4.29. The van der Waals surface area contributed by atoms with Crippen LogP contribution < -0.4 is 0 Å². The number of nitrogens with zero attached hydrogens (tertiary/aromatic N) is 4. The highest BCUT2D eigenvalue weighted by molar-refractivity contribution is 7.98. The molecule has 0 bridgehead atoms. The lowest BCUT2D eigenvalue weighted by Gasteiger charge is -2.06. The van der Waals surface area contributed by atoms with Gasteiger partial charge in [-0.05, 0) is 30.5 Å². The van der Waals surface area contributed by atoms with Gasteiger partial charge in [0.1, 0.15) is 0 Å². The molecule has 4 aromatic rings. The van der Waals surface area contributed by atoms with E-state index in [1.807, 2.05) is 12.3 Å². The van der Waals surface area contributed by atoms with Gasteiger partial charge in [-0.3, -0.25) is 4.40 Å². The molecule has 4 rings (SSSR count). The van der Waals surface area contributed by atoms with E-state index in [0.29, 0.717) is 10.7 Å². The van der Waals surface area contributed by atoms with Gasteiger partial charge in [-0.1, -0.05) is 35.1 Å². The summed E-state index contributed by atoms with van der Waals surface area (Å²) in [7, 11) is 0. The summed E-state index contributed by atoms with van der Waals surface area (Å²) in [6, 6.07) is 9.88. The fourth-order valence-corrected chi connectivity index (χ4v) is 3.30. The Hall–Kier alpha value is -3.34. The summed E-state index contributed by atoms with van der Waals surface area (Å²) in [6.07, 6.45) is -0.865. The monoisotopic (exact) mass is 434 g/mol. The Morgan fingerprint density at radius 1 is 1.20 bits per heavy atom. The second-order valence-electron chi connectivity index (χ2n) is 6.07. The first-order valence-electron chi connectivity index (χ1n) is 8.55. The van der Waals surface area contributed by atoms with Gasteiger partial charge in [0.2, 0.25) is 5.82 Å². The summed E-state index contributed by atoms with van der Waals surface area (Å²) < 4.78 is 50.6. The zero-order valence-corrected chi connectivity index (χ0v) is 16.2. The molecule has 0 unspecified atom stereocenters. The number of hydrogen-bond acceptors (Lipinski definition) is 7. The zero-order chi connectivity index (χ0) is 21.3. The Balaban J connectivity index is 1.50. The predicted molar refractivity (Wildman–Crippen MR) is 101 cm³/mol. The molecular formula is C19H13F3N4O3S. The molecule has 0 spiro atoms. The molecule has 0 fully saturated rings. The Bertz CT molecular complexity index is 1220. The summed E-state index contributed by atoms with van der Waals surface area (Å²) in [5.74, 6) is -0.772. The van der Waals surface area contributed by atoms with Crippen LogP contribution in [0.15, 0.2) is 58.3 Å². The van der Waals surface area contributed by atoms with Gasteiger partial charge < -0.3 is 9.26 Å². The van der Waals surface area contributed by atoms with Crippen LogP contribution in [0.4, 0.5) is 13.2 Å². The molecule has 3 heterocycles. The van der Waals surface area contributed by atoms with E-state index in [2.05, 4.69) is 15.1 Å². The minimum absolute atomic E-state index is 0.0377. The SMILES string of the molecule is CSc1nc(C(=O)OCc2nc(-c3cccc(C(F)(F)F)c3)no2)c2ccccn12. The first kappa shape index (κ1) is 20.0. The molecule has 11 heteroatoms. The van der Waals surface area contributed by atoms with E-state index in [1.54, 1.807) is 22.7 Å². The lowest BCUT2D eigenvalue weighted by atomic mass is 10.1. The van der Waals surface area contributed by atoms with Crippen LogP contribution in [0.2, 0.25) is 0 Å². The summed E-state index contributed by atoms with van der Waals surface area (Å²) in [4.78, 5) is 20.8. The van der Waals surface area contributed by atoms with Gasteiger partial charge >= 0.3 is 12.1 Å². The molecule has 0 saturated carbocycles. The van der Waals surface area contributed by atoms with Gasteiger partial charge in [0, 0.05) is 11.8 Å². The van der Waals surface area contributed by atoms with E-state index in [1.165, 1.54) is 23.9 Å². The molecule has 1 aromatic carbocycles. The normalized spacial score (nSPS) is 11.7. The second-order valence-corrected chi connectivity index (χ2v) is 6.84. The highest BCUT2D eigenvalue weighted by Gasteiger charge is 2.30. The smallest absolute Gasteiger partial charge is 0.416 e. The predicted octanol–water partition coefficient (Wildman–Crippen LogP) is 4.48. The van der Waals surface area contributed by atoms with Gasteiger partial charge in [-0.25, -0.2) is 9.78 Å². The lowest BCUT2D eigenvalue weighted by Crippen LogP contribution is -2.06. The van der Waals surface area contributed by atoms with Gasteiger partial charge in [0.05, 0.1) is 11.1 Å². The maximum atomic E-state index is 12.9. The number of carbonyl (C=O) groups excluding carboxylic acids is 1. The van der Waals surface area contributed by atoms with E-state index in [0.717, 1.165) is 12.1 Å². The van der Waals surface area contributed by atoms with E-state index in [4.69, 9.17) is 9.26 Å². The number of pyridine rings is 1. The third kappa shape index (κ3) is 3.88. The Kier molecular flexibility index (Phi) is 5.20. The summed E-state index contributed by atoms with van der Waals surface area (Å²) >= 11 is 1.38. The molecule has 7 nitrogen and oxygen atoms in total. The molecule has 0 aliphatic carbocycles. The van der Waals surface area contributed by atoms with Crippen LogP contribution in [-0.2, 0) is 17.5 Å². The van der Waals surface area contributed by atoms with Gasteiger partial charge in [0.25, 0.3) is 5.89 Å². The van der Waals surface area contributed by atoms with E-state index < -0.39 is 17.7 Å². The quantitative estimate of drug-likeness (QED) is 0.338. The molecule has 0 N–H and O–H groups in total. The molecular weight excluding hydrogens is 421 g/mol. The molecule has 0 saturated heterocycles. The standard InChI is InChI=1S/C19H13F3N4O3S/c1-30-18-24-15(13-7-2-3-8-26(13)18)17(27)28-10-14-23-16(25-29-14)11-5-4-6-12(9-11)19(20,21)22/h2-9H,10H2,1H3. The van der Waals surface area contributed by atoms with Crippen molar-refractivity contribution in [2.45, 2.75) is 17.9 Å². The number of esters is 1. The summed E-state index contributed by atoms with van der Waals surface area (Å²) in [6.45, 7) is -0.342. The van der Waals surface area contributed by atoms with Crippen molar-refractivity contribution < 1.29 is 27.2 Å². The van der Waals surface area contributed by atoms with E-state index in [-0.39, 0.29) is 29.6 Å². The number of ether oxygens (including phenoxy) is 1. The maximum absolute atomic E-state index is 12.9.